The molecule has 1 aromatic heterocycles. The first-order valence-corrected chi connectivity index (χ1v) is 7.92. The van der Waals surface area contributed by atoms with Gasteiger partial charge in [-0.1, -0.05) is 11.6 Å². The zero-order valence-corrected chi connectivity index (χ0v) is 13.3. The van der Waals surface area contributed by atoms with E-state index in [-0.39, 0.29) is 12.4 Å². The molecule has 2 aromatic rings. The van der Waals surface area contributed by atoms with E-state index in [4.69, 9.17) is 16.3 Å². The first kappa shape index (κ1) is 15.0. The van der Waals surface area contributed by atoms with Crippen LogP contribution in [0.2, 0.25) is 5.02 Å². The van der Waals surface area contributed by atoms with Gasteiger partial charge in [0, 0.05) is 22.3 Å². The third kappa shape index (κ3) is 3.30. The van der Waals surface area contributed by atoms with Gasteiger partial charge in [-0.25, -0.2) is 4.98 Å². The maximum Gasteiger partial charge on any atom is 0.214 e. The van der Waals surface area contributed by atoms with Crippen LogP contribution in [-0.2, 0) is 12.8 Å². The SMILES string of the molecule is Cc1cc(OCC(=O)c2ccc(Cl)cc2)nc2c1CCCC2. The van der Waals surface area contributed by atoms with Crippen molar-refractivity contribution in [3.63, 3.8) is 0 Å². The van der Waals surface area contributed by atoms with Gasteiger partial charge < -0.3 is 4.74 Å². The minimum absolute atomic E-state index is 0.00708. The lowest BCUT2D eigenvalue weighted by atomic mass is 9.93. The van der Waals surface area contributed by atoms with Gasteiger partial charge in [0.2, 0.25) is 5.88 Å². The minimum atomic E-state index is -0.0751. The fraction of sp³-hybridized carbons (Fsp3) is 0.333. The number of halogens is 1. The van der Waals surface area contributed by atoms with Crippen LogP contribution in [0.1, 0.15) is 40.0 Å². The van der Waals surface area contributed by atoms with Gasteiger partial charge in [0.15, 0.2) is 12.4 Å². The topological polar surface area (TPSA) is 39.2 Å². The van der Waals surface area contributed by atoms with Crippen molar-refractivity contribution in [3.05, 3.63) is 57.7 Å². The fourth-order valence-corrected chi connectivity index (χ4v) is 2.93. The molecular formula is C18H18ClNO2. The molecule has 4 heteroatoms. The van der Waals surface area contributed by atoms with Gasteiger partial charge in [-0.3, -0.25) is 4.79 Å². The molecule has 114 valence electrons. The Balaban J connectivity index is 1.70. The molecule has 1 aromatic carbocycles. The smallest absolute Gasteiger partial charge is 0.214 e. The van der Waals surface area contributed by atoms with Crippen molar-refractivity contribution < 1.29 is 9.53 Å². The average Bonchev–Trinajstić information content (AvgIpc) is 2.53. The molecule has 0 amide bonds. The first-order valence-electron chi connectivity index (χ1n) is 7.54. The number of carbonyl (C=O) groups excluding carboxylic acids is 1. The van der Waals surface area contributed by atoms with Gasteiger partial charge in [-0.2, -0.15) is 0 Å². The second-order valence-electron chi connectivity index (χ2n) is 5.63. The number of hydrogen-bond donors (Lipinski definition) is 0. The summed E-state index contributed by atoms with van der Waals surface area (Å²) in [4.78, 5) is 16.7. The molecule has 0 fully saturated rings. The first-order chi connectivity index (χ1) is 10.6. The van der Waals surface area contributed by atoms with E-state index in [1.165, 1.54) is 24.0 Å². The predicted molar refractivity (Wildman–Crippen MR) is 86.9 cm³/mol. The lowest BCUT2D eigenvalue weighted by Gasteiger charge is -2.18. The molecule has 1 heterocycles. The van der Waals surface area contributed by atoms with E-state index in [1.54, 1.807) is 24.3 Å². The molecule has 3 rings (SSSR count). The number of fused-ring (bicyclic) bond motifs is 1. The lowest BCUT2D eigenvalue weighted by molar-refractivity contribution is 0.0917. The molecule has 22 heavy (non-hydrogen) atoms. The van der Waals surface area contributed by atoms with Crippen LogP contribution < -0.4 is 4.74 Å². The number of aryl methyl sites for hydroxylation is 2. The van der Waals surface area contributed by atoms with Gasteiger partial charge in [0.05, 0.1) is 0 Å². The van der Waals surface area contributed by atoms with Gasteiger partial charge in [-0.15, -0.1) is 0 Å². The Morgan fingerprint density at radius 1 is 1.23 bits per heavy atom. The van der Waals surface area contributed by atoms with Crippen LogP contribution in [0.25, 0.3) is 0 Å². The van der Waals surface area contributed by atoms with Crippen molar-refractivity contribution in [2.45, 2.75) is 32.6 Å². The van der Waals surface area contributed by atoms with Crippen molar-refractivity contribution in [2.24, 2.45) is 0 Å². The number of pyridine rings is 1. The lowest BCUT2D eigenvalue weighted by Crippen LogP contribution is -2.14. The molecule has 0 aliphatic heterocycles. The summed E-state index contributed by atoms with van der Waals surface area (Å²) in [7, 11) is 0. The third-order valence-corrected chi connectivity index (χ3v) is 4.27. The Bertz CT molecular complexity index is 695. The van der Waals surface area contributed by atoms with Crippen molar-refractivity contribution in [1.82, 2.24) is 4.98 Å². The number of Topliss-reactive ketones (excluding diaryl/α,β-unsaturated/α-hetero) is 1. The Labute approximate surface area is 135 Å². The summed E-state index contributed by atoms with van der Waals surface area (Å²) >= 11 is 5.82. The molecule has 0 spiro atoms. The highest BCUT2D eigenvalue weighted by molar-refractivity contribution is 6.30. The van der Waals surface area contributed by atoms with Gasteiger partial charge in [0.1, 0.15) is 0 Å². The number of aromatic nitrogens is 1. The van der Waals surface area contributed by atoms with Crippen LogP contribution in [0.4, 0.5) is 0 Å². The van der Waals surface area contributed by atoms with E-state index in [0.717, 1.165) is 18.5 Å². The minimum Gasteiger partial charge on any atom is -0.469 e. The summed E-state index contributed by atoms with van der Waals surface area (Å²) in [6, 6.07) is 8.75. The van der Waals surface area contributed by atoms with Crippen LogP contribution in [-0.4, -0.2) is 17.4 Å². The van der Waals surface area contributed by atoms with Crippen LogP contribution in [0.15, 0.2) is 30.3 Å². The van der Waals surface area contributed by atoms with Crippen LogP contribution in [0.5, 0.6) is 5.88 Å². The van der Waals surface area contributed by atoms with Crippen molar-refractivity contribution in [1.29, 1.82) is 0 Å². The monoisotopic (exact) mass is 315 g/mol. The number of benzene rings is 1. The number of ketones is 1. The second-order valence-corrected chi connectivity index (χ2v) is 6.06. The molecule has 0 unspecified atom stereocenters. The molecule has 0 N–H and O–H groups in total. The zero-order valence-electron chi connectivity index (χ0n) is 12.6. The summed E-state index contributed by atoms with van der Waals surface area (Å²) in [5.74, 6) is 0.467. The van der Waals surface area contributed by atoms with E-state index in [2.05, 4.69) is 11.9 Å². The maximum atomic E-state index is 12.1. The number of rotatable bonds is 4. The normalized spacial score (nSPS) is 13.5. The Kier molecular flexibility index (Phi) is 4.44. The Morgan fingerprint density at radius 2 is 1.95 bits per heavy atom. The fourth-order valence-electron chi connectivity index (χ4n) is 2.81. The van der Waals surface area contributed by atoms with E-state index in [0.29, 0.717) is 16.5 Å². The standard InChI is InChI=1S/C18H18ClNO2/c1-12-10-18(20-16-5-3-2-4-15(12)16)22-11-17(21)13-6-8-14(19)9-7-13/h6-10H,2-5,11H2,1H3. The summed E-state index contributed by atoms with van der Waals surface area (Å²) in [6.45, 7) is 2.08. The van der Waals surface area contributed by atoms with E-state index in [1.807, 2.05) is 6.07 Å². The molecule has 0 atom stereocenters. The molecule has 0 bridgehead atoms. The molecule has 0 radical (unpaired) electrons. The van der Waals surface area contributed by atoms with E-state index in [9.17, 15) is 4.79 Å². The van der Waals surface area contributed by atoms with Crippen LogP contribution >= 0.6 is 11.6 Å². The van der Waals surface area contributed by atoms with Crippen molar-refractivity contribution in [2.75, 3.05) is 6.61 Å². The van der Waals surface area contributed by atoms with Crippen LogP contribution in [0, 0.1) is 6.92 Å². The van der Waals surface area contributed by atoms with Crippen molar-refractivity contribution in [3.8, 4) is 5.88 Å². The number of carbonyl (C=O) groups is 1. The summed E-state index contributed by atoms with van der Waals surface area (Å²) in [5.41, 5.74) is 4.28. The Morgan fingerprint density at radius 3 is 2.73 bits per heavy atom. The largest absolute Gasteiger partial charge is 0.469 e. The Hall–Kier alpha value is -1.87. The second kappa shape index (κ2) is 6.49. The average molecular weight is 316 g/mol. The maximum absolute atomic E-state index is 12.1. The quantitative estimate of drug-likeness (QED) is 0.794. The van der Waals surface area contributed by atoms with Crippen molar-refractivity contribution >= 4 is 17.4 Å². The molecule has 3 nitrogen and oxygen atoms in total. The highest BCUT2D eigenvalue weighted by Crippen LogP contribution is 2.25. The summed E-state index contributed by atoms with van der Waals surface area (Å²) < 4.78 is 5.61. The third-order valence-electron chi connectivity index (χ3n) is 4.02. The molecular weight excluding hydrogens is 298 g/mol. The number of nitrogens with zero attached hydrogens (tertiary/aromatic N) is 1. The number of ether oxygens (including phenoxy) is 1. The molecule has 0 saturated heterocycles. The predicted octanol–water partition coefficient (Wildman–Crippen LogP) is 4.18. The van der Waals surface area contributed by atoms with Gasteiger partial charge >= 0.3 is 0 Å². The summed E-state index contributed by atoms with van der Waals surface area (Å²) in [5, 5.41) is 0.615. The zero-order chi connectivity index (χ0) is 15.5. The highest BCUT2D eigenvalue weighted by atomic mass is 35.5. The molecule has 1 aliphatic rings. The van der Waals surface area contributed by atoms with Gasteiger partial charge in [-0.05, 0) is 68.0 Å². The number of hydrogen-bond acceptors (Lipinski definition) is 3. The highest BCUT2D eigenvalue weighted by Gasteiger charge is 2.15. The van der Waals surface area contributed by atoms with E-state index >= 15 is 0 Å². The van der Waals surface area contributed by atoms with E-state index < -0.39 is 0 Å². The molecule has 1 aliphatic carbocycles. The van der Waals surface area contributed by atoms with Crippen LogP contribution in [0.3, 0.4) is 0 Å². The van der Waals surface area contributed by atoms with Gasteiger partial charge in [0.25, 0.3) is 0 Å². The summed E-state index contributed by atoms with van der Waals surface area (Å²) in [6.07, 6.45) is 4.49. The molecule has 0 saturated carbocycles.